The molecule has 4 unspecified atom stereocenters. The van der Waals surface area contributed by atoms with Gasteiger partial charge < -0.3 is 32.5 Å². The number of carboxylic acid groups (broad SMARTS) is 1. The van der Waals surface area contributed by atoms with Crippen molar-refractivity contribution in [1.82, 2.24) is 16.0 Å². The van der Waals surface area contributed by atoms with Crippen LogP contribution in [0.1, 0.15) is 46.5 Å². The lowest BCUT2D eigenvalue weighted by atomic mass is 10.0. The van der Waals surface area contributed by atoms with Gasteiger partial charge in [0.05, 0.1) is 6.04 Å². The summed E-state index contributed by atoms with van der Waals surface area (Å²) in [6.45, 7) is 5.60. The molecule has 0 radical (unpaired) electrons. The maximum Gasteiger partial charge on any atom is 0.326 e. The second kappa shape index (κ2) is 14.2. The average molecular weight is 434 g/mol. The summed E-state index contributed by atoms with van der Waals surface area (Å²) in [4.78, 5) is 48.3. The summed E-state index contributed by atoms with van der Waals surface area (Å²) < 4.78 is 0. The average Bonchev–Trinajstić information content (AvgIpc) is 2.65. The Morgan fingerprint density at radius 2 is 1.52 bits per heavy atom. The van der Waals surface area contributed by atoms with Gasteiger partial charge in [0.25, 0.3) is 0 Å². The fraction of sp³-hybridized carbons (Fsp3) is 0.778. The second-order valence-electron chi connectivity index (χ2n) is 7.39. The second-order valence-corrected chi connectivity index (χ2v) is 7.76. The number of aliphatic carboxylic acids is 1. The zero-order chi connectivity index (χ0) is 22.6. The van der Waals surface area contributed by atoms with E-state index >= 15 is 0 Å². The van der Waals surface area contributed by atoms with Gasteiger partial charge in [-0.3, -0.25) is 14.4 Å². The van der Waals surface area contributed by atoms with E-state index in [1.807, 2.05) is 13.8 Å². The molecule has 0 aromatic heterocycles. The highest BCUT2D eigenvalue weighted by atomic mass is 32.1. The molecule has 168 valence electrons. The number of nitrogens with two attached hydrogens (primary N) is 2. The molecule has 10 nitrogen and oxygen atoms in total. The maximum absolute atomic E-state index is 12.6. The summed E-state index contributed by atoms with van der Waals surface area (Å²) in [6.07, 6.45) is 1.78. The molecule has 29 heavy (non-hydrogen) atoms. The molecular formula is C18H35N5O5S. The van der Waals surface area contributed by atoms with Crippen molar-refractivity contribution in [3.05, 3.63) is 0 Å². The quantitative estimate of drug-likeness (QED) is 0.135. The van der Waals surface area contributed by atoms with E-state index in [9.17, 15) is 24.3 Å². The molecule has 4 atom stereocenters. The van der Waals surface area contributed by atoms with Crippen molar-refractivity contribution in [1.29, 1.82) is 0 Å². The Hall–Kier alpha value is -1.85. The highest BCUT2D eigenvalue weighted by molar-refractivity contribution is 7.80. The smallest absolute Gasteiger partial charge is 0.326 e. The highest BCUT2D eigenvalue weighted by Gasteiger charge is 2.28. The van der Waals surface area contributed by atoms with Gasteiger partial charge in [0.1, 0.15) is 18.1 Å². The lowest BCUT2D eigenvalue weighted by Gasteiger charge is -2.24. The van der Waals surface area contributed by atoms with Gasteiger partial charge in [0.2, 0.25) is 17.7 Å². The topological polar surface area (TPSA) is 177 Å². The van der Waals surface area contributed by atoms with E-state index in [-0.39, 0.29) is 18.1 Å². The van der Waals surface area contributed by atoms with Gasteiger partial charge in [0.15, 0.2) is 0 Å². The zero-order valence-corrected chi connectivity index (χ0v) is 18.2. The van der Waals surface area contributed by atoms with Gasteiger partial charge in [-0.15, -0.1) is 0 Å². The van der Waals surface area contributed by atoms with E-state index < -0.39 is 47.9 Å². The van der Waals surface area contributed by atoms with Gasteiger partial charge in [0, 0.05) is 5.75 Å². The third-order valence-electron chi connectivity index (χ3n) is 4.19. The number of carbonyl (C=O) groups is 4. The van der Waals surface area contributed by atoms with Crippen LogP contribution < -0.4 is 27.4 Å². The Morgan fingerprint density at radius 3 is 2.00 bits per heavy atom. The van der Waals surface area contributed by atoms with Crippen LogP contribution in [0.25, 0.3) is 0 Å². The predicted octanol–water partition coefficient (Wildman–Crippen LogP) is -1.02. The minimum Gasteiger partial charge on any atom is -0.480 e. The van der Waals surface area contributed by atoms with Crippen LogP contribution in [0.3, 0.4) is 0 Å². The molecular weight excluding hydrogens is 398 g/mol. The van der Waals surface area contributed by atoms with Gasteiger partial charge in [-0.2, -0.15) is 12.6 Å². The van der Waals surface area contributed by atoms with Crippen LogP contribution in [0.2, 0.25) is 0 Å². The van der Waals surface area contributed by atoms with Crippen LogP contribution in [0.4, 0.5) is 0 Å². The third kappa shape index (κ3) is 11.1. The largest absolute Gasteiger partial charge is 0.480 e. The number of thiol groups is 1. The normalized spacial score (nSPS) is 15.1. The van der Waals surface area contributed by atoms with E-state index in [0.29, 0.717) is 25.8 Å². The number of hydrogen-bond acceptors (Lipinski definition) is 7. The standard InChI is InChI=1S/C18H35N5O5S/c1-10(2)8-14(18(27)28)23-17(26)13(6-4-5-7-19)22-15(24)11(3)21-16(25)12(20)9-29/h10-14,29H,4-9,19-20H2,1-3H3,(H,21,25)(H,22,24)(H,23,26)(H,27,28). The maximum atomic E-state index is 12.6. The number of carbonyl (C=O) groups excluding carboxylic acids is 3. The SMILES string of the molecule is CC(C)CC(NC(=O)C(CCCCN)NC(=O)C(C)NC(=O)C(N)CS)C(=O)O. The van der Waals surface area contributed by atoms with E-state index in [0.717, 1.165) is 0 Å². The number of unbranched alkanes of at least 4 members (excludes halogenated alkanes) is 1. The monoisotopic (exact) mass is 433 g/mol. The number of amides is 3. The molecule has 0 heterocycles. The summed E-state index contributed by atoms with van der Waals surface area (Å²) in [6, 6.07) is -3.78. The van der Waals surface area contributed by atoms with Gasteiger partial charge in [-0.1, -0.05) is 13.8 Å². The first-order chi connectivity index (χ1) is 13.5. The fourth-order valence-corrected chi connectivity index (χ4v) is 2.66. The first-order valence-electron chi connectivity index (χ1n) is 9.73. The lowest BCUT2D eigenvalue weighted by molar-refractivity contribution is -0.142. The molecule has 0 bridgehead atoms. The van der Waals surface area contributed by atoms with Crippen molar-refractivity contribution < 1.29 is 24.3 Å². The van der Waals surface area contributed by atoms with Crippen molar-refractivity contribution >= 4 is 36.3 Å². The molecule has 0 aromatic carbocycles. The van der Waals surface area contributed by atoms with Crippen LogP contribution >= 0.6 is 12.6 Å². The molecule has 0 rings (SSSR count). The van der Waals surface area contributed by atoms with Crippen molar-refractivity contribution in [2.24, 2.45) is 17.4 Å². The summed E-state index contributed by atoms with van der Waals surface area (Å²) in [5, 5.41) is 16.8. The Kier molecular flexibility index (Phi) is 13.3. The Balaban J connectivity index is 5.09. The molecule has 0 fully saturated rings. The highest BCUT2D eigenvalue weighted by Crippen LogP contribution is 2.07. The molecule has 8 N–H and O–H groups in total. The lowest BCUT2D eigenvalue weighted by Crippen LogP contribution is -2.56. The van der Waals surface area contributed by atoms with Crippen LogP contribution in [0.5, 0.6) is 0 Å². The number of hydrogen-bond donors (Lipinski definition) is 7. The number of carboxylic acids is 1. The van der Waals surface area contributed by atoms with Crippen molar-refractivity contribution in [2.75, 3.05) is 12.3 Å². The summed E-state index contributed by atoms with van der Waals surface area (Å²) in [5.74, 6) is -2.65. The Labute approximate surface area is 177 Å². The summed E-state index contributed by atoms with van der Waals surface area (Å²) in [5.41, 5.74) is 11.0. The number of nitrogens with one attached hydrogen (secondary N) is 3. The Morgan fingerprint density at radius 1 is 0.931 bits per heavy atom. The van der Waals surface area contributed by atoms with Gasteiger partial charge >= 0.3 is 5.97 Å². The Bertz CT molecular complexity index is 561. The minimum atomic E-state index is -1.14. The van der Waals surface area contributed by atoms with E-state index in [2.05, 4.69) is 28.6 Å². The van der Waals surface area contributed by atoms with Crippen LogP contribution in [-0.4, -0.2) is 65.3 Å². The molecule has 0 aliphatic rings. The molecule has 0 saturated carbocycles. The summed E-state index contributed by atoms with van der Waals surface area (Å²) in [7, 11) is 0. The molecule has 0 saturated heterocycles. The van der Waals surface area contributed by atoms with Crippen molar-refractivity contribution in [3.8, 4) is 0 Å². The van der Waals surface area contributed by atoms with Crippen LogP contribution in [0, 0.1) is 5.92 Å². The molecule has 0 aliphatic heterocycles. The van der Waals surface area contributed by atoms with Crippen molar-refractivity contribution in [2.45, 2.75) is 70.6 Å². The third-order valence-corrected chi connectivity index (χ3v) is 4.58. The predicted molar refractivity (Wildman–Crippen MR) is 113 cm³/mol. The van der Waals surface area contributed by atoms with Gasteiger partial charge in [-0.25, -0.2) is 4.79 Å². The molecule has 11 heteroatoms. The van der Waals surface area contributed by atoms with E-state index in [1.54, 1.807) is 0 Å². The van der Waals surface area contributed by atoms with Gasteiger partial charge in [-0.05, 0) is 45.1 Å². The summed E-state index contributed by atoms with van der Waals surface area (Å²) >= 11 is 3.93. The molecule has 0 aliphatic carbocycles. The first-order valence-corrected chi connectivity index (χ1v) is 10.4. The first kappa shape index (κ1) is 27.1. The molecule has 0 spiro atoms. The minimum absolute atomic E-state index is 0.0629. The van der Waals surface area contributed by atoms with E-state index in [1.165, 1.54) is 6.92 Å². The van der Waals surface area contributed by atoms with Crippen LogP contribution in [0.15, 0.2) is 0 Å². The van der Waals surface area contributed by atoms with Crippen molar-refractivity contribution in [3.63, 3.8) is 0 Å². The number of rotatable bonds is 14. The zero-order valence-electron chi connectivity index (χ0n) is 17.3. The molecule has 0 aromatic rings. The van der Waals surface area contributed by atoms with E-state index in [4.69, 9.17) is 11.5 Å². The van der Waals surface area contributed by atoms with Crippen LogP contribution in [-0.2, 0) is 19.2 Å². The molecule has 3 amide bonds. The fourth-order valence-electron chi connectivity index (χ4n) is 2.49.